The molecule has 6 nitrogen and oxygen atoms in total. The molecule has 1 atom stereocenters. The third kappa shape index (κ3) is 3.67. The number of amides is 1. The van der Waals surface area contributed by atoms with Crippen LogP contribution in [-0.4, -0.2) is 30.5 Å². The summed E-state index contributed by atoms with van der Waals surface area (Å²) >= 11 is 5.98. The highest BCUT2D eigenvalue weighted by atomic mass is 35.5. The van der Waals surface area contributed by atoms with Gasteiger partial charge in [-0.05, 0) is 30.3 Å². The Bertz CT molecular complexity index is 697. The topological polar surface area (TPSA) is 88.0 Å². The minimum Gasteiger partial charge on any atom is -0.496 e. The average Bonchev–Trinajstić information content (AvgIpc) is 2.54. The molecule has 0 radical (unpaired) electrons. The zero-order chi connectivity index (χ0) is 17.0. The molecule has 23 heavy (non-hydrogen) atoms. The van der Waals surface area contributed by atoms with Gasteiger partial charge in [0, 0.05) is 10.6 Å². The maximum absolute atomic E-state index is 10.9. The van der Waals surface area contributed by atoms with E-state index in [9.17, 15) is 9.90 Å². The van der Waals surface area contributed by atoms with Crippen molar-refractivity contribution in [1.29, 1.82) is 0 Å². The molecule has 2 rings (SSSR count). The normalized spacial score (nSPS) is 11.7. The van der Waals surface area contributed by atoms with E-state index in [0.717, 1.165) is 0 Å². The summed E-state index contributed by atoms with van der Waals surface area (Å²) in [5.41, 5.74) is 0.901. The van der Waals surface area contributed by atoms with Crippen molar-refractivity contribution in [3.63, 3.8) is 0 Å². The second-order valence-electron chi connectivity index (χ2n) is 4.64. The second-order valence-corrected chi connectivity index (χ2v) is 5.08. The Kier molecular flexibility index (Phi) is 5.31. The van der Waals surface area contributed by atoms with Crippen molar-refractivity contribution in [2.75, 3.05) is 19.5 Å². The van der Waals surface area contributed by atoms with Crippen LogP contribution in [-0.2, 0) is 0 Å². The molecule has 0 bridgehead atoms. The zero-order valence-corrected chi connectivity index (χ0v) is 13.3. The minimum atomic E-state index is -1.24. The quantitative estimate of drug-likeness (QED) is 0.776. The number of nitrogens with one attached hydrogen (secondary N) is 1. The number of hydrogen-bond donors (Lipinski definition) is 3. The van der Waals surface area contributed by atoms with Gasteiger partial charge in [0.2, 0.25) is 0 Å². The Balaban J connectivity index is 2.59. The summed E-state index contributed by atoms with van der Waals surface area (Å²) in [6, 6.07) is 9.58. The Morgan fingerprint density at radius 3 is 2.30 bits per heavy atom. The lowest BCUT2D eigenvalue weighted by atomic mass is 9.98. The number of aliphatic hydroxyl groups is 1. The van der Waals surface area contributed by atoms with Crippen LogP contribution >= 0.6 is 11.6 Å². The lowest BCUT2D eigenvalue weighted by Gasteiger charge is -2.20. The molecule has 7 heteroatoms. The lowest BCUT2D eigenvalue weighted by Crippen LogP contribution is -2.12. The summed E-state index contributed by atoms with van der Waals surface area (Å²) in [4.78, 5) is 10.9. The van der Waals surface area contributed by atoms with Crippen molar-refractivity contribution in [3.8, 4) is 11.5 Å². The molecular weight excluding hydrogens is 322 g/mol. The third-order valence-corrected chi connectivity index (χ3v) is 3.52. The van der Waals surface area contributed by atoms with E-state index in [2.05, 4.69) is 5.32 Å². The number of carbonyl (C=O) groups is 1. The smallest absolute Gasteiger partial charge is 0.409 e. The first-order valence-corrected chi connectivity index (χ1v) is 7.04. The molecular formula is C16H16ClNO5. The number of halogens is 1. The number of anilines is 1. The predicted molar refractivity (Wildman–Crippen MR) is 86.7 cm³/mol. The third-order valence-electron chi connectivity index (χ3n) is 3.29. The van der Waals surface area contributed by atoms with Crippen molar-refractivity contribution in [2.24, 2.45) is 0 Å². The van der Waals surface area contributed by atoms with Gasteiger partial charge in [-0.2, -0.15) is 0 Å². The average molecular weight is 338 g/mol. The summed E-state index contributed by atoms with van der Waals surface area (Å²) < 4.78 is 10.5. The van der Waals surface area contributed by atoms with Crippen LogP contribution in [0.2, 0.25) is 5.02 Å². The molecule has 0 aliphatic carbocycles. The second kappa shape index (κ2) is 7.21. The van der Waals surface area contributed by atoms with E-state index in [1.54, 1.807) is 18.2 Å². The molecule has 2 aromatic rings. The molecule has 1 unspecified atom stereocenters. The summed E-state index contributed by atoms with van der Waals surface area (Å²) in [5, 5.41) is 22.3. The molecule has 0 fully saturated rings. The van der Waals surface area contributed by atoms with Gasteiger partial charge in [-0.1, -0.05) is 17.7 Å². The van der Waals surface area contributed by atoms with E-state index in [4.69, 9.17) is 26.2 Å². The van der Waals surface area contributed by atoms with Gasteiger partial charge in [-0.15, -0.1) is 0 Å². The van der Waals surface area contributed by atoms with Crippen LogP contribution in [0.5, 0.6) is 11.5 Å². The molecule has 0 saturated carbocycles. The lowest BCUT2D eigenvalue weighted by molar-refractivity contribution is 0.207. The number of methoxy groups -OCH3 is 2. The van der Waals surface area contributed by atoms with Crippen LogP contribution in [0.3, 0.4) is 0 Å². The first-order chi connectivity index (χ1) is 11.0. The van der Waals surface area contributed by atoms with Crippen LogP contribution in [0, 0.1) is 0 Å². The molecule has 0 spiro atoms. The molecule has 0 heterocycles. The van der Waals surface area contributed by atoms with Crippen molar-refractivity contribution < 1.29 is 24.5 Å². The highest BCUT2D eigenvalue weighted by molar-refractivity contribution is 6.30. The van der Waals surface area contributed by atoms with E-state index in [1.165, 1.54) is 32.4 Å². The van der Waals surface area contributed by atoms with Crippen LogP contribution in [0.15, 0.2) is 36.4 Å². The number of benzene rings is 2. The SMILES string of the molecule is COc1cccc(OC)c1C(O)c1cc(Cl)ccc1NC(=O)O. The number of carboxylic acid groups (broad SMARTS) is 1. The van der Waals surface area contributed by atoms with Crippen molar-refractivity contribution >= 4 is 23.4 Å². The van der Waals surface area contributed by atoms with Gasteiger partial charge in [0.25, 0.3) is 0 Å². The summed E-state index contributed by atoms with van der Waals surface area (Å²) in [5.74, 6) is 0.830. The van der Waals surface area contributed by atoms with Crippen molar-refractivity contribution in [2.45, 2.75) is 6.10 Å². The monoisotopic (exact) mass is 337 g/mol. The summed E-state index contributed by atoms with van der Waals surface area (Å²) in [6.07, 6.45) is -2.44. The molecule has 0 saturated heterocycles. The van der Waals surface area contributed by atoms with E-state index in [-0.39, 0.29) is 5.69 Å². The Hall–Kier alpha value is -2.44. The fourth-order valence-corrected chi connectivity index (χ4v) is 2.47. The Morgan fingerprint density at radius 1 is 1.17 bits per heavy atom. The maximum atomic E-state index is 10.9. The predicted octanol–water partition coefficient (Wildman–Crippen LogP) is 3.53. The Labute approximate surface area is 138 Å². The number of hydrogen-bond acceptors (Lipinski definition) is 4. The number of ether oxygens (including phenoxy) is 2. The highest BCUT2D eigenvalue weighted by Crippen LogP contribution is 2.40. The van der Waals surface area contributed by atoms with Crippen molar-refractivity contribution in [3.05, 3.63) is 52.5 Å². The summed E-state index contributed by atoms with van der Waals surface area (Å²) in [7, 11) is 2.94. The molecule has 0 aliphatic rings. The van der Waals surface area contributed by atoms with E-state index in [1.807, 2.05) is 0 Å². The fourth-order valence-electron chi connectivity index (χ4n) is 2.29. The largest absolute Gasteiger partial charge is 0.496 e. The van der Waals surface area contributed by atoms with Crippen LogP contribution in [0.25, 0.3) is 0 Å². The number of rotatable bonds is 5. The number of aliphatic hydroxyl groups excluding tert-OH is 1. The van der Waals surface area contributed by atoms with E-state index < -0.39 is 12.2 Å². The maximum Gasteiger partial charge on any atom is 0.409 e. The fraction of sp³-hybridized carbons (Fsp3) is 0.188. The first kappa shape index (κ1) is 16.9. The standard InChI is InChI=1S/C16H16ClNO5/c1-22-12-4-3-5-13(23-2)14(12)15(19)10-8-9(17)6-7-11(10)18-16(20)21/h3-8,15,18-19H,1-2H3,(H,20,21). The highest BCUT2D eigenvalue weighted by Gasteiger charge is 2.23. The van der Waals surface area contributed by atoms with Crippen LogP contribution < -0.4 is 14.8 Å². The van der Waals surface area contributed by atoms with Crippen LogP contribution in [0.1, 0.15) is 17.2 Å². The first-order valence-electron chi connectivity index (χ1n) is 6.66. The molecule has 1 amide bonds. The van der Waals surface area contributed by atoms with Gasteiger partial charge in [-0.25, -0.2) is 4.79 Å². The van der Waals surface area contributed by atoms with E-state index in [0.29, 0.717) is 27.6 Å². The van der Waals surface area contributed by atoms with Gasteiger partial charge in [0.15, 0.2) is 0 Å². The molecule has 0 aromatic heterocycles. The zero-order valence-electron chi connectivity index (χ0n) is 12.5. The van der Waals surface area contributed by atoms with Crippen LogP contribution in [0.4, 0.5) is 10.5 Å². The molecule has 2 aromatic carbocycles. The van der Waals surface area contributed by atoms with Gasteiger partial charge in [0.05, 0.1) is 25.5 Å². The van der Waals surface area contributed by atoms with E-state index >= 15 is 0 Å². The molecule has 0 aliphatic heterocycles. The van der Waals surface area contributed by atoms with Crippen molar-refractivity contribution in [1.82, 2.24) is 0 Å². The minimum absolute atomic E-state index is 0.224. The van der Waals surface area contributed by atoms with Gasteiger partial charge in [-0.3, -0.25) is 5.32 Å². The Morgan fingerprint density at radius 2 is 1.78 bits per heavy atom. The van der Waals surface area contributed by atoms with Gasteiger partial charge >= 0.3 is 6.09 Å². The molecule has 3 N–H and O–H groups in total. The molecule has 122 valence electrons. The van der Waals surface area contributed by atoms with Gasteiger partial charge in [0.1, 0.15) is 17.6 Å². The van der Waals surface area contributed by atoms with Gasteiger partial charge < -0.3 is 19.7 Å². The summed E-state index contributed by atoms with van der Waals surface area (Å²) in [6.45, 7) is 0.